The van der Waals surface area contributed by atoms with Crippen LogP contribution < -0.4 is 5.32 Å². The van der Waals surface area contributed by atoms with Crippen LogP contribution in [-0.4, -0.2) is 22.8 Å². The Kier molecular flexibility index (Phi) is 3.94. The molecule has 2 unspecified atom stereocenters. The van der Waals surface area contributed by atoms with Gasteiger partial charge < -0.3 is 14.8 Å². The van der Waals surface area contributed by atoms with Crippen molar-refractivity contribution in [2.24, 2.45) is 0 Å². The normalized spacial score (nSPS) is 16.3. The first-order chi connectivity index (χ1) is 6.89. The minimum Gasteiger partial charge on any atom is -0.469 e. The van der Waals surface area contributed by atoms with Crippen molar-refractivity contribution in [1.29, 1.82) is 0 Å². The second-order valence-electron chi connectivity index (χ2n) is 4.73. The van der Waals surface area contributed by atoms with E-state index in [0.29, 0.717) is 0 Å². The smallest absolute Gasteiger partial charge is 0.105 e. The molecule has 3 heteroatoms. The Morgan fingerprint density at radius 1 is 1.47 bits per heavy atom. The molecular formula is C12H21NO2. The molecule has 0 amide bonds. The maximum absolute atomic E-state index is 9.78. The topological polar surface area (TPSA) is 45.4 Å². The van der Waals surface area contributed by atoms with Crippen LogP contribution in [0.5, 0.6) is 0 Å². The van der Waals surface area contributed by atoms with Gasteiger partial charge in [-0.15, -0.1) is 0 Å². The number of aliphatic hydroxyl groups is 1. The Hall–Kier alpha value is -0.800. The third kappa shape index (κ3) is 4.06. The first-order valence-electron chi connectivity index (χ1n) is 5.40. The standard InChI is InChI=1S/C12H21NO2/c1-9(8-11-6-5-7-15-11)13-10(2)12(3,4)14/h5-7,9-10,13-14H,8H2,1-4H3. The highest BCUT2D eigenvalue weighted by atomic mass is 16.3. The van der Waals surface area contributed by atoms with Gasteiger partial charge in [0, 0.05) is 18.5 Å². The van der Waals surface area contributed by atoms with Crippen LogP contribution in [0.4, 0.5) is 0 Å². The molecule has 0 aliphatic heterocycles. The van der Waals surface area contributed by atoms with Gasteiger partial charge in [-0.3, -0.25) is 0 Å². The zero-order valence-electron chi connectivity index (χ0n) is 9.95. The van der Waals surface area contributed by atoms with Gasteiger partial charge in [0.1, 0.15) is 5.76 Å². The second kappa shape index (κ2) is 4.81. The number of hydrogen-bond donors (Lipinski definition) is 2. The van der Waals surface area contributed by atoms with Gasteiger partial charge in [0.25, 0.3) is 0 Å². The molecule has 0 saturated carbocycles. The lowest BCUT2D eigenvalue weighted by molar-refractivity contribution is 0.0403. The molecule has 0 aromatic carbocycles. The van der Waals surface area contributed by atoms with Gasteiger partial charge in [-0.05, 0) is 39.8 Å². The summed E-state index contributed by atoms with van der Waals surface area (Å²) in [5.41, 5.74) is -0.697. The van der Waals surface area contributed by atoms with Gasteiger partial charge >= 0.3 is 0 Å². The van der Waals surface area contributed by atoms with E-state index in [1.807, 2.05) is 32.9 Å². The van der Waals surface area contributed by atoms with Crippen LogP contribution in [0.25, 0.3) is 0 Å². The molecule has 1 aromatic heterocycles. The summed E-state index contributed by atoms with van der Waals surface area (Å²) in [4.78, 5) is 0. The number of hydrogen-bond acceptors (Lipinski definition) is 3. The van der Waals surface area contributed by atoms with Crippen molar-refractivity contribution in [1.82, 2.24) is 5.32 Å². The van der Waals surface area contributed by atoms with Crippen molar-refractivity contribution < 1.29 is 9.52 Å². The fourth-order valence-electron chi connectivity index (χ4n) is 1.42. The molecule has 0 spiro atoms. The summed E-state index contributed by atoms with van der Waals surface area (Å²) in [6.45, 7) is 7.69. The van der Waals surface area contributed by atoms with Crippen LogP contribution in [-0.2, 0) is 6.42 Å². The van der Waals surface area contributed by atoms with Crippen molar-refractivity contribution in [3.63, 3.8) is 0 Å². The Balaban J connectivity index is 2.39. The van der Waals surface area contributed by atoms with E-state index in [4.69, 9.17) is 4.42 Å². The van der Waals surface area contributed by atoms with Gasteiger partial charge in [-0.25, -0.2) is 0 Å². The summed E-state index contributed by atoms with van der Waals surface area (Å²) < 4.78 is 5.27. The molecule has 0 bridgehead atoms. The van der Waals surface area contributed by atoms with Crippen molar-refractivity contribution in [3.05, 3.63) is 24.2 Å². The molecule has 0 fully saturated rings. The number of furan rings is 1. The Morgan fingerprint density at radius 2 is 2.13 bits per heavy atom. The van der Waals surface area contributed by atoms with E-state index in [0.717, 1.165) is 12.2 Å². The molecule has 0 aliphatic rings. The maximum Gasteiger partial charge on any atom is 0.105 e. The van der Waals surface area contributed by atoms with Crippen LogP contribution in [0.1, 0.15) is 33.5 Å². The summed E-state index contributed by atoms with van der Waals surface area (Å²) in [7, 11) is 0. The Labute approximate surface area is 91.5 Å². The van der Waals surface area contributed by atoms with E-state index >= 15 is 0 Å². The average molecular weight is 211 g/mol. The molecule has 86 valence electrons. The first-order valence-corrected chi connectivity index (χ1v) is 5.40. The third-order valence-corrected chi connectivity index (χ3v) is 2.68. The van der Waals surface area contributed by atoms with Crippen molar-refractivity contribution in [2.45, 2.75) is 51.8 Å². The van der Waals surface area contributed by atoms with E-state index < -0.39 is 5.60 Å². The van der Waals surface area contributed by atoms with Crippen LogP contribution in [0.15, 0.2) is 22.8 Å². The molecule has 1 rings (SSSR count). The first kappa shape index (κ1) is 12.3. The lowest BCUT2D eigenvalue weighted by atomic mass is 9.99. The van der Waals surface area contributed by atoms with Crippen molar-refractivity contribution >= 4 is 0 Å². The van der Waals surface area contributed by atoms with Gasteiger partial charge in [0.15, 0.2) is 0 Å². The highest BCUT2D eigenvalue weighted by Crippen LogP contribution is 2.10. The third-order valence-electron chi connectivity index (χ3n) is 2.68. The van der Waals surface area contributed by atoms with E-state index in [1.54, 1.807) is 6.26 Å². The lowest BCUT2D eigenvalue weighted by Crippen LogP contribution is -2.48. The zero-order valence-corrected chi connectivity index (χ0v) is 9.95. The van der Waals surface area contributed by atoms with Crippen LogP contribution in [0.3, 0.4) is 0 Å². The minimum absolute atomic E-state index is 0.0578. The van der Waals surface area contributed by atoms with Gasteiger partial charge in [0.2, 0.25) is 0 Å². The summed E-state index contributed by atoms with van der Waals surface area (Å²) in [5.74, 6) is 0.970. The quantitative estimate of drug-likeness (QED) is 0.782. The van der Waals surface area contributed by atoms with Gasteiger partial charge in [-0.1, -0.05) is 0 Å². The fraction of sp³-hybridized carbons (Fsp3) is 0.667. The highest BCUT2D eigenvalue weighted by molar-refractivity contribution is 5.00. The molecular weight excluding hydrogens is 190 g/mol. The molecule has 2 N–H and O–H groups in total. The molecule has 15 heavy (non-hydrogen) atoms. The molecule has 3 nitrogen and oxygen atoms in total. The molecule has 0 aliphatic carbocycles. The fourth-order valence-corrected chi connectivity index (χ4v) is 1.42. The van der Waals surface area contributed by atoms with Crippen LogP contribution in [0, 0.1) is 0 Å². The van der Waals surface area contributed by atoms with E-state index in [-0.39, 0.29) is 12.1 Å². The van der Waals surface area contributed by atoms with Crippen LogP contribution in [0.2, 0.25) is 0 Å². The summed E-state index contributed by atoms with van der Waals surface area (Å²) in [5, 5.41) is 13.1. The maximum atomic E-state index is 9.78. The lowest BCUT2D eigenvalue weighted by Gasteiger charge is -2.29. The van der Waals surface area contributed by atoms with Gasteiger partial charge in [-0.2, -0.15) is 0 Å². The zero-order chi connectivity index (χ0) is 11.5. The van der Waals surface area contributed by atoms with Crippen molar-refractivity contribution in [2.75, 3.05) is 0 Å². The van der Waals surface area contributed by atoms with E-state index in [1.165, 1.54) is 0 Å². The summed E-state index contributed by atoms with van der Waals surface area (Å²) in [6, 6.07) is 4.20. The Morgan fingerprint density at radius 3 is 2.60 bits per heavy atom. The predicted octanol–water partition coefficient (Wildman–Crippen LogP) is 1.96. The second-order valence-corrected chi connectivity index (χ2v) is 4.73. The summed E-state index contributed by atoms with van der Waals surface area (Å²) >= 11 is 0. The van der Waals surface area contributed by atoms with Crippen LogP contribution >= 0.6 is 0 Å². The molecule has 0 saturated heterocycles. The highest BCUT2D eigenvalue weighted by Gasteiger charge is 2.23. The number of rotatable bonds is 5. The summed E-state index contributed by atoms with van der Waals surface area (Å²) in [6.07, 6.45) is 2.52. The predicted molar refractivity (Wildman–Crippen MR) is 60.8 cm³/mol. The average Bonchev–Trinajstić information content (AvgIpc) is 2.54. The van der Waals surface area contributed by atoms with E-state index in [2.05, 4.69) is 12.2 Å². The van der Waals surface area contributed by atoms with Crippen molar-refractivity contribution in [3.8, 4) is 0 Å². The largest absolute Gasteiger partial charge is 0.469 e. The SMILES string of the molecule is CC(Cc1ccco1)NC(C)C(C)(C)O. The molecule has 1 heterocycles. The molecule has 1 aromatic rings. The minimum atomic E-state index is -0.697. The Bertz CT molecular complexity index is 274. The molecule has 0 radical (unpaired) electrons. The molecule has 2 atom stereocenters. The van der Waals surface area contributed by atoms with E-state index in [9.17, 15) is 5.11 Å². The monoisotopic (exact) mass is 211 g/mol. The van der Waals surface area contributed by atoms with Gasteiger partial charge in [0.05, 0.1) is 11.9 Å². The number of nitrogens with one attached hydrogen (secondary N) is 1.